The van der Waals surface area contributed by atoms with Gasteiger partial charge in [0.1, 0.15) is 24.6 Å². The lowest BCUT2D eigenvalue weighted by Gasteiger charge is -2.29. The zero-order valence-corrected chi connectivity index (χ0v) is 21.4. The molecule has 3 N–H and O–H groups in total. The van der Waals surface area contributed by atoms with Crippen molar-refractivity contribution >= 4 is 13.6 Å². The van der Waals surface area contributed by atoms with Gasteiger partial charge in [-0.15, -0.1) is 6.42 Å². The molecule has 2 heterocycles. The van der Waals surface area contributed by atoms with Crippen LogP contribution in [0.3, 0.4) is 0 Å². The van der Waals surface area contributed by atoms with Crippen molar-refractivity contribution < 1.29 is 38.1 Å². The molecule has 0 aliphatic carbocycles. The number of rotatable bonds is 10. The topological polar surface area (TPSA) is 166 Å². The second-order valence-electron chi connectivity index (χ2n) is 8.85. The van der Waals surface area contributed by atoms with Crippen LogP contribution in [-0.4, -0.2) is 62.4 Å². The Labute approximate surface area is 212 Å². The smallest absolute Gasteiger partial charge is 0.380 e. The van der Waals surface area contributed by atoms with E-state index in [4.69, 9.17) is 24.9 Å². The first-order valence-corrected chi connectivity index (χ1v) is 13.1. The summed E-state index contributed by atoms with van der Waals surface area (Å²) in [5.41, 5.74) is -3.64. The number of hydrogen-bond donors (Lipinski definition) is 3. The summed E-state index contributed by atoms with van der Waals surface area (Å²) in [6, 6.07) is 9.10. The Morgan fingerprint density at radius 1 is 1.24 bits per heavy atom. The third-order valence-electron chi connectivity index (χ3n) is 5.51. The second-order valence-corrected chi connectivity index (χ2v) is 10.9. The highest BCUT2D eigenvalue weighted by Gasteiger charge is 2.55. The van der Waals surface area contributed by atoms with E-state index in [1.54, 1.807) is 32.0 Å². The van der Waals surface area contributed by atoms with E-state index in [-0.39, 0.29) is 5.75 Å². The first-order chi connectivity index (χ1) is 17.4. The molecule has 0 radical (unpaired) electrons. The van der Waals surface area contributed by atoms with Crippen LogP contribution in [0.15, 0.2) is 52.2 Å². The van der Waals surface area contributed by atoms with Crippen LogP contribution in [0.25, 0.3) is 0 Å². The average molecular weight is 536 g/mol. The van der Waals surface area contributed by atoms with Crippen LogP contribution < -0.4 is 15.8 Å². The van der Waals surface area contributed by atoms with Crippen LogP contribution in [0, 0.1) is 18.3 Å². The molecule has 6 atom stereocenters. The molecule has 0 bridgehead atoms. The quantitative estimate of drug-likeness (QED) is 0.227. The first-order valence-electron chi connectivity index (χ1n) is 11.4. The lowest BCUT2D eigenvalue weighted by Crippen LogP contribution is -2.45. The van der Waals surface area contributed by atoms with Crippen molar-refractivity contribution in [1.82, 2.24) is 9.55 Å². The number of carbonyl (C=O) groups excluding carboxylic acids is 1. The summed E-state index contributed by atoms with van der Waals surface area (Å²) in [5.74, 6) is 0.889. The van der Waals surface area contributed by atoms with Gasteiger partial charge in [0.15, 0.2) is 11.8 Å². The summed E-state index contributed by atoms with van der Waals surface area (Å²) in [6.45, 7) is 4.11. The molecule has 0 spiro atoms. The van der Waals surface area contributed by atoms with Crippen molar-refractivity contribution in [3.63, 3.8) is 0 Å². The van der Waals surface area contributed by atoms with Gasteiger partial charge >= 0.3 is 19.3 Å². The lowest BCUT2D eigenvalue weighted by molar-refractivity contribution is -0.151. The van der Waals surface area contributed by atoms with Crippen LogP contribution in [0.5, 0.6) is 5.75 Å². The van der Waals surface area contributed by atoms with Crippen molar-refractivity contribution in [1.29, 1.82) is 0 Å². The molecule has 1 saturated heterocycles. The molecule has 1 aromatic carbocycles. The molecular weight excluding hydrogens is 507 g/mol. The van der Waals surface area contributed by atoms with Crippen LogP contribution in [0.2, 0.25) is 0 Å². The minimum absolute atomic E-state index is 0.190. The molecule has 1 fully saturated rings. The standard InChI is InChI=1S/C24H29N2O10P/c1-5-24(20(29)19(28)21(35-24)26-12-11-18(27)25-23(26)31)14-33-37(32,36-17-9-7-6-8-10-17)13-16(4)22(30)34-15(2)3/h1,6-12,15-16,19-21,28-29H,13-14H2,2-4H3,(H,25,27,31)/t16-,19-,20+,21-,24-,37+/m1/s1. The molecule has 12 nitrogen and oxygen atoms in total. The summed E-state index contributed by atoms with van der Waals surface area (Å²) in [5, 5.41) is 21.4. The fraction of sp³-hybridized carbons (Fsp3) is 0.458. The number of aromatic nitrogens is 2. The molecule has 1 aliphatic heterocycles. The maximum Gasteiger partial charge on any atom is 0.380 e. The Morgan fingerprint density at radius 3 is 2.51 bits per heavy atom. The summed E-state index contributed by atoms with van der Waals surface area (Å²) >= 11 is 0. The maximum absolute atomic E-state index is 13.8. The molecule has 1 aromatic heterocycles. The maximum atomic E-state index is 13.8. The van der Waals surface area contributed by atoms with Gasteiger partial charge in [-0.1, -0.05) is 31.0 Å². The van der Waals surface area contributed by atoms with E-state index >= 15 is 0 Å². The Morgan fingerprint density at radius 2 is 1.92 bits per heavy atom. The van der Waals surface area contributed by atoms with Gasteiger partial charge in [-0.25, -0.2) is 9.36 Å². The van der Waals surface area contributed by atoms with Gasteiger partial charge in [0, 0.05) is 12.3 Å². The van der Waals surface area contributed by atoms with E-state index in [9.17, 15) is 29.2 Å². The average Bonchev–Trinajstić information content (AvgIpc) is 3.08. The third kappa shape index (κ3) is 6.57. The van der Waals surface area contributed by atoms with Crippen LogP contribution in [-0.2, 0) is 23.4 Å². The number of nitrogens with zero attached hydrogens (tertiary/aromatic N) is 1. The molecule has 0 saturated carbocycles. The molecule has 3 rings (SSSR count). The number of aliphatic hydroxyl groups excluding tert-OH is 2. The van der Waals surface area contributed by atoms with Crippen LogP contribution in [0.4, 0.5) is 0 Å². The van der Waals surface area contributed by atoms with E-state index in [0.29, 0.717) is 0 Å². The van der Waals surface area contributed by atoms with E-state index in [1.807, 2.05) is 4.98 Å². The number of H-pyrrole nitrogens is 1. The highest BCUT2D eigenvalue weighted by atomic mass is 31.2. The fourth-order valence-electron chi connectivity index (χ4n) is 3.63. The number of benzene rings is 1. The number of terminal acetylenes is 1. The molecule has 0 unspecified atom stereocenters. The van der Waals surface area contributed by atoms with E-state index < -0.39 is 73.6 Å². The highest BCUT2D eigenvalue weighted by Crippen LogP contribution is 2.51. The van der Waals surface area contributed by atoms with Crippen molar-refractivity contribution in [3.05, 3.63) is 63.4 Å². The SMILES string of the molecule is C#C[C@]1(CO[P@@](=O)(C[C@@H](C)C(=O)OC(C)C)Oc2ccccc2)O[C@@H](n2ccc(=O)[nH]c2=O)[C@H](O)[C@@H]1O. The summed E-state index contributed by atoms with van der Waals surface area (Å²) in [6.07, 6.45) is 0.929. The number of para-hydroxylation sites is 1. The van der Waals surface area contributed by atoms with E-state index in [1.165, 1.54) is 19.1 Å². The molecule has 37 heavy (non-hydrogen) atoms. The summed E-state index contributed by atoms with van der Waals surface area (Å²) in [4.78, 5) is 38.0. The Hall–Kier alpha value is -3.20. The van der Waals surface area contributed by atoms with Gasteiger partial charge in [-0.3, -0.25) is 23.7 Å². The van der Waals surface area contributed by atoms with Crippen LogP contribution in [0.1, 0.15) is 27.0 Å². The number of ether oxygens (including phenoxy) is 2. The Kier molecular flexibility index (Phi) is 8.79. The fourth-order valence-corrected chi connectivity index (χ4v) is 5.51. The van der Waals surface area contributed by atoms with Gasteiger partial charge in [0.05, 0.1) is 18.2 Å². The Bertz CT molecular complexity index is 1300. The number of nitrogens with one attached hydrogen (secondary N) is 1. The molecule has 1 aliphatic rings. The highest BCUT2D eigenvalue weighted by molar-refractivity contribution is 7.54. The van der Waals surface area contributed by atoms with Gasteiger partial charge in [-0.2, -0.15) is 0 Å². The molecule has 2 aromatic rings. The first kappa shape index (κ1) is 28.4. The van der Waals surface area contributed by atoms with Gasteiger partial charge < -0.3 is 24.2 Å². The summed E-state index contributed by atoms with van der Waals surface area (Å²) in [7, 11) is -4.14. The van der Waals surface area contributed by atoms with Crippen molar-refractivity contribution in [2.75, 3.05) is 12.8 Å². The summed E-state index contributed by atoms with van der Waals surface area (Å²) < 4.78 is 36.8. The Balaban J connectivity index is 1.87. The minimum atomic E-state index is -4.14. The normalized spacial score (nSPS) is 25.7. The van der Waals surface area contributed by atoms with Gasteiger partial charge in [0.2, 0.25) is 0 Å². The van der Waals surface area contributed by atoms with Crippen molar-refractivity contribution in [2.24, 2.45) is 5.92 Å². The number of carbonyl (C=O) groups is 1. The lowest BCUT2D eigenvalue weighted by atomic mass is 9.97. The largest absolute Gasteiger partial charge is 0.463 e. The van der Waals surface area contributed by atoms with Gasteiger partial charge in [-0.05, 0) is 26.0 Å². The number of aliphatic hydroxyl groups is 2. The predicted molar refractivity (Wildman–Crippen MR) is 131 cm³/mol. The number of esters is 1. The molecular formula is C24H29N2O10P. The predicted octanol–water partition coefficient (Wildman–Crippen LogP) is 1.04. The zero-order valence-electron chi connectivity index (χ0n) is 20.5. The number of hydrogen-bond acceptors (Lipinski definition) is 10. The molecule has 0 amide bonds. The van der Waals surface area contributed by atoms with Gasteiger partial charge in [0.25, 0.3) is 5.56 Å². The third-order valence-corrected chi connectivity index (χ3v) is 7.52. The second kappa shape index (κ2) is 11.5. The molecule has 13 heteroatoms. The molecule has 200 valence electrons. The van der Waals surface area contributed by atoms with Crippen molar-refractivity contribution in [3.8, 4) is 18.1 Å². The van der Waals surface area contributed by atoms with Crippen molar-refractivity contribution in [2.45, 2.75) is 50.9 Å². The van der Waals surface area contributed by atoms with E-state index in [0.717, 1.165) is 16.8 Å². The zero-order chi connectivity index (χ0) is 27.4. The van der Waals surface area contributed by atoms with E-state index in [2.05, 4.69) is 5.92 Å². The monoisotopic (exact) mass is 536 g/mol. The van der Waals surface area contributed by atoms with Crippen LogP contribution >= 0.6 is 7.60 Å². The number of aromatic amines is 1. The minimum Gasteiger partial charge on any atom is -0.463 e.